The monoisotopic (exact) mass is 1310 g/mol. The molecule has 0 amide bonds. The molecule has 390 valence electrons. The number of alkyl halides is 6. The van der Waals surface area contributed by atoms with Crippen molar-refractivity contribution in [1.29, 1.82) is 0 Å². The minimum absolute atomic E-state index is 0.00715. The van der Waals surface area contributed by atoms with E-state index in [1.807, 2.05) is 27.7 Å². The molecule has 0 unspecified atom stereocenters. The molecule has 22 heteroatoms. The Kier molecular flexibility index (Phi) is 35.8. The summed E-state index contributed by atoms with van der Waals surface area (Å²) in [4.78, 5) is 22.7. The second-order valence-corrected chi connectivity index (χ2v) is 31.5. The Morgan fingerprint density at radius 2 is 1.03 bits per heavy atom. The quantitative estimate of drug-likeness (QED) is 0.0775. The highest BCUT2D eigenvalue weighted by Gasteiger charge is 2.33. The number of carbonyl (C=O) groups is 2. The molecule has 10 nitrogen and oxygen atoms in total. The SMILES string of the molecule is CC(C)(O)C1CCNCC1.CCOC(=O)C1CCN([Si](C)(C)C)CC1.CCOC(=O)C1CCNCC1.C[Si](C)(C)Cl.Cc1ccc(OC(F)(F)F)cc1.FC(F)(F)Oc1ccc(Br)cc1.II. The summed E-state index contributed by atoms with van der Waals surface area (Å²) in [6, 6.07) is 11.1. The Labute approximate surface area is 434 Å². The first-order chi connectivity index (χ1) is 30.8. The highest BCUT2D eigenvalue weighted by atomic mass is 128. The van der Waals surface area contributed by atoms with Gasteiger partial charge in [-0.15, -0.1) is 26.3 Å². The molecule has 3 heterocycles. The molecule has 3 saturated heterocycles. The fourth-order valence-corrected chi connectivity index (χ4v) is 8.13. The molecule has 0 aromatic heterocycles. The fourth-order valence-electron chi connectivity index (χ4n) is 6.27. The number of aliphatic hydroxyl groups is 1. The Bertz CT molecular complexity index is 1530. The first-order valence-electron chi connectivity index (χ1n) is 22.2. The molecule has 0 saturated carbocycles. The molecule has 2 aromatic carbocycles. The van der Waals surface area contributed by atoms with Gasteiger partial charge in [0.15, 0.2) is 0 Å². The standard InChI is InChI=1S/C11H23NO2Si.C8H7F3O.C8H15NO2.C8H17NO.C7H4BrF3O.C3H9ClSi.I2/c1-5-14-11(13)10-6-8-12(9-7-10)15(2,3)4;1-6-2-4-7(5-3-6)12-8(9,10)11;1-2-11-8(10)7-3-5-9-6-4-7;1-8(2,10)7-3-5-9-6-4-7;8-5-1-3-6(4-2-5)12-7(9,10)11;1-5(2,3)4;1-2/h10H,5-9H2,1-4H3;2-5H,1H3;7,9H,2-6H2,1H3;7,9-10H,3-6H2,1-2H3;1-4H;1-3H3;. The molecule has 2 aromatic rings. The van der Waals surface area contributed by atoms with Gasteiger partial charge in [0.25, 0.3) is 0 Å². The summed E-state index contributed by atoms with van der Waals surface area (Å²) >= 11 is 13.0. The van der Waals surface area contributed by atoms with Gasteiger partial charge in [-0.1, -0.05) is 72.9 Å². The van der Waals surface area contributed by atoms with Crippen molar-refractivity contribution in [2.24, 2.45) is 17.8 Å². The van der Waals surface area contributed by atoms with Crippen molar-refractivity contribution in [2.75, 3.05) is 52.5 Å². The van der Waals surface area contributed by atoms with Crippen LogP contribution in [0.25, 0.3) is 0 Å². The van der Waals surface area contributed by atoms with Gasteiger partial charge in [-0.3, -0.25) is 9.59 Å². The van der Waals surface area contributed by atoms with E-state index in [4.69, 9.17) is 20.6 Å². The van der Waals surface area contributed by atoms with Crippen LogP contribution in [0.2, 0.25) is 39.3 Å². The molecule has 0 spiro atoms. The van der Waals surface area contributed by atoms with E-state index < -0.39 is 33.9 Å². The summed E-state index contributed by atoms with van der Waals surface area (Å²) in [6.07, 6.45) is -3.18. The first kappa shape index (κ1) is 68.1. The molecule has 3 fully saturated rings. The third kappa shape index (κ3) is 39.4. The van der Waals surface area contributed by atoms with Crippen LogP contribution >= 0.6 is 64.2 Å². The normalized spacial score (nSPS) is 16.3. The molecule has 0 radical (unpaired) electrons. The number of ether oxygens (including phenoxy) is 4. The minimum Gasteiger partial charge on any atom is -0.466 e. The molecule has 0 aliphatic carbocycles. The number of benzene rings is 2. The first-order valence-corrected chi connectivity index (χ1v) is 37.3. The smallest absolute Gasteiger partial charge is 0.466 e. The maximum Gasteiger partial charge on any atom is 0.573 e. The largest absolute Gasteiger partial charge is 0.573 e. The second-order valence-electron chi connectivity index (χ2n) is 18.1. The molecule has 3 aliphatic heterocycles. The van der Waals surface area contributed by atoms with Gasteiger partial charge in [0, 0.05) is 41.7 Å². The average molecular weight is 1310 g/mol. The van der Waals surface area contributed by atoms with E-state index in [2.05, 4.69) is 117 Å². The van der Waals surface area contributed by atoms with Gasteiger partial charge in [-0.05, 0) is 155 Å². The number of nitrogens with one attached hydrogen (secondary N) is 2. The highest BCUT2D eigenvalue weighted by molar-refractivity contribution is 15.0. The molecule has 3 aliphatic rings. The lowest BCUT2D eigenvalue weighted by atomic mass is 9.84. The van der Waals surface area contributed by atoms with E-state index in [9.17, 15) is 41.0 Å². The lowest BCUT2D eigenvalue weighted by molar-refractivity contribution is -0.275. The molecule has 67 heavy (non-hydrogen) atoms. The predicted octanol–water partition coefficient (Wildman–Crippen LogP) is 13.5. The molecule has 0 atom stereocenters. The fraction of sp³-hybridized carbons (Fsp3) is 0.689. The lowest BCUT2D eigenvalue weighted by Gasteiger charge is -2.39. The van der Waals surface area contributed by atoms with E-state index in [0.717, 1.165) is 83.4 Å². The van der Waals surface area contributed by atoms with Crippen LogP contribution in [0, 0.1) is 24.7 Å². The number of hydrogen-bond donors (Lipinski definition) is 3. The average Bonchev–Trinajstić information content (AvgIpc) is 3.23. The van der Waals surface area contributed by atoms with Crippen molar-refractivity contribution in [2.45, 2.75) is 131 Å². The Balaban J connectivity index is 0. The number of hydrogen-bond acceptors (Lipinski definition) is 10. The van der Waals surface area contributed by atoms with Crippen molar-refractivity contribution in [3.05, 3.63) is 58.6 Å². The van der Waals surface area contributed by atoms with Crippen molar-refractivity contribution >= 4 is 91.8 Å². The van der Waals surface area contributed by atoms with Gasteiger partial charge in [0.2, 0.25) is 0 Å². The highest BCUT2D eigenvalue weighted by Crippen LogP contribution is 2.26. The summed E-state index contributed by atoms with van der Waals surface area (Å²) < 4.78 is 90.2. The van der Waals surface area contributed by atoms with Crippen molar-refractivity contribution in [1.82, 2.24) is 15.2 Å². The van der Waals surface area contributed by atoms with Gasteiger partial charge >= 0.3 is 24.7 Å². The number of aryl methyl sites for hydroxylation is 1. The number of piperidine rings is 3. The Hall–Kier alpha value is -0.936. The van der Waals surface area contributed by atoms with E-state index in [0.29, 0.717) is 23.6 Å². The minimum atomic E-state index is -4.62. The van der Waals surface area contributed by atoms with Crippen LogP contribution < -0.4 is 20.1 Å². The van der Waals surface area contributed by atoms with Crippen LogP contribution in [0.3, 0.4) is 0 Å². The number of carbonyl (C=O) groups excluding carboxylic acids is 2. The van der Waals surface area contributed by atoms with E-state index in [1.54, 1.807) is 19.1 Å². The Morgan fingerprint density at radius 1 is 0.701 bits per heavy atom. The molecular weight excluding hydrogens is 1230 g/mol. The van der Waals surface area contributed by atoms with Gasteiger partial charge in [0.05, 0.1) is 30.7 Å². The zero-order valence-corrected chi connectivity index (χ0v) is 49.5. The number of esters is 2. The van der Waals surface area contributed by atoms with Crippen LogP contribution in [0.5, 0.6) is 11.5 Å². The van der Waals surface area contributed by atoms with Crippen LogP contribution in [0.1, 0.15) is 71.8 Å². The van der Waals surface area contributed by atoms with Crippen molar-refractivity contribution < 1.29 is 60.0 Å². The third-order valence-electron chi connectivity index (χ3n) is 9.66. The lowest BCUT2D eigenvalue weighted by Crippen LogP contribution is -2.50. The van der Waals surface area contributed by atoms with Gasteiger partial charge in [-0.2, -0.15) is 11.1 Å². The van der Waals surface area contributed by atoms with Gasteiger partial charge < -0.3 is 39.3 Å². The van der Waals surface area contributed by atoms with E-state index >= 15 is 0 Å². The molecular formula is C45H75BrClF6I2N3O7Si2. The molecule has 3 N–H and O–H groups in total. The van der Waals surface area contributed by atoms with Crippen LogP contribution in [0.15, 0.2) is 53.0 Å². The predicted molar refractivity (Wildman–Crippen MR) is 284 cm³/mol. The third-order valence-corrected chi connectivity index (χ3v) is 12.5. The summed E-state index contributed by atoms with van der Waals surface area (Å²) in [5, 5.41) is 16.1. The zero-order valence-electron chi connectivity index (χ0n) is 40.9. The maximum absolute atomic E-state index is 11.6. The summed E-state index contributed by atoms with van der Waals surface area (Å²) in [6.45, 7) is 29.8. The maximum atomic E-state index is 11.6. The second kappa shape index (κ2) is 35.2. The number of nitrogens with zero attached hydrogens (tertiary/aromatic N) is 1. The van der Waals surface area contributed by atoms with Gasteiger partial charge in [0.1, 0.15) is 27.1 Å². The van der Waals surface area contributed by atoms with Crippen LogP contribution in [-0.4, -0.2) is 108 Å². The van der Waals surface area contributed by atoms with E-state index in [1.165, 1.54) is 36.4 Å². The number of halogens is 10. The van der Waals surface area contributed by atoms with Crippen molar-refractivity contribution in [3.8, 4) is 11.5 Å². The molecule has 0 bridgehead atoms. The van der Waals surface area contributed by atoms with Crippen molar-refractivity contribution in [3.63, 3.8) is 0 Å². The van der Waals surface area contributed by atoms with E-state index in [-0.39, 0.29) is 35.3 Å². The van der Waals surface area contributed by atoms with Crippen LogP contribution in [-0.2, 0) is 19.1 Å². The summed E-state index contributed by atoms with van der Waals surface area (Å²) in [5.74, 6) is 0.378. The van der Waals surface area contributed by atoms with Crippen LogP contribution in [0.4, 0.5) is 26.3 Å². The summed E-state index contributed by atoms with van der Waals surface area (Å²) in [5.41, 5.74) is 0.423. The number of rotatable bonds is 8. The topological polar surface area (TPSA) is 119 Å². The Morgan fingerprint density at radius 3 is 1.33 bits per heavy atom. The zero-order chi connectivity index (χ0) is 52.1. The molecule has 5 rings (SSSR count). The van der Waals surface area contributed by atoms with Gasteiger partial charge in [-0.25, -0.2) is 0 Å². The summed E-state index contributed by atoms with van der Waals surface area (Å²) in [7, 11) is -2.30.